The number of hydrogen-bond donors (Lipinski definition) is 2. The SMILES string of the molecule is CCC1COC(C)CN1C(=O)NC(C)CCCC(=O)O. The van der Waals surface area contributed by atoms with E-state index in [1.807, 2.05) is 25.7 Å². The third kappa shape index (κ3) is 5.36. The zero-order chi connectivity index (χ0) is 15.1. The molecule has 3 unspecified atom stereocenters. The Hall–Kier alpha value is -1.30. The van der Waals surface area contributed by atoms with E-state index in [2.05, 4.69) is 5.32 Å². The minimum Gasteiger partial charge on any atom is -0.481 e. The molecule has 0 bridgehead atoms. The third-order valence-corrected chi connectivity index (χ3v) is 3.60. The van der Waals surface area contributed by atoms with Crippen LogP contribution in [0.4, 0.5) is 4.79 Å². The molecule has 0 saturated carbocycles. The van der Waals surface area contributed by atoms with Crippen LogP contribution in [0, 0.1) is 0 Å². The number of amides is 2. The molecule has 0 spiro atoms. The van der Waals surface area contributed by atoms with Gasteiger partial charge in [0.1, 0.15) is 0 Å². The Bertz CT molecular complexity index is 335. The van der Waals surface area contributed by atoms with E-state index in [9.17, 15) is 9.59 Å². The van der Waals surface area contributed by atoms with E-state index in [0.717, 1.165) is 6.42 Å². The molecule has 2 amide bonds. The molecule has 3 atom stereocenters. The summed E-state index contributed by atoms with van der Waals surface area (Å²) >= 11 is 0. The van der Waals surface area contributed by atoms with Gasteiger partial charge in [-0.1, -0.05) is 6.92 Å². The summed E-state index contributed by atoms with van der Waals surface area (Å²) in [7, 11) is 0. The van der Waals surface area contributed by atoms with Crippen LogP contribution in [0.2, 0.25) is 0 Å². The lowest BCUT2D eigenvalue weighted by Gasteiger charge is -2.38. The fourth-order valence-corrected chi connectivity index (χ4v) is 2.36. The lowest BCUT2D eigenvalue weighted by Crippen LogP contribution is -2.55. The van der Waals surface area contributed by atoms with Crippen molar-refractivity contribution in [2.24, 2.45) is 0 Å². The molecule has 1 aliphatic heterocycles. The van der Waals surface area contributed by atoms with E-state index in [1.165, 1.54) is 0 Å². The zero-order valence-corrected chi connectivity index (χ0v) is 12.6. The molecule has 116 valence electrons. The summed E-state index contributed by atoms with van der Waals surface area (Å²) in [5.74, 6) is -0.795. The van der Waals surface area contributed by atoms with Gasteiger partial charge in [0, 0.05) is 19.0 Å². The van der Waals surface area contributed by atoms with Crippen LogP contribution in [-0.4, -0.2) is 53.3 Å². The molecule has 1 rings (SSSR count). The summed E-state index contributed by atoms with van der Waals surface area (Å²) in [5.41, 5.74) is 0. The summed E-state index contributed by atoms with van der Waals surface area (Å²) < 4.78 is 5.57. The molecule has 1 heterocycles. The smallest absolute Gasteiger partial charge is 0.318 e. The molecule has 0 radical (unpaired) electrons. The van der Waals surface area contributed by atoms with E-state index in [4.69, 9.17) is 9.84 Å². The predicted molar refractivity (Wildman–Crippen MR) is 75.7 cm³/mol. The van der Waals surface area contributed by atoms with Gasteiger partial charge < -0.3 is 20.1 Å². The molecule has 0 aromatic heterocycles. The van der Waals surface area contributed by atoms with Crippen LogP contribution in [-0.2, 0) is 9.53 Å². The number of nitrogens with zero attached hydrogens (tertiary/aromatic N) is 1. The number of carboxylic acid groups (broad SMARTS) is 1. The summed E-state index contributed by atoms with van der Waals surface area (Å²) in [6.07, 6.45) is 2.33. The maximum atomic E-state index is 12.3. The van der Waals surface area contributed by atoms with E-state index in [-0.39, 0.29) is 30.6 Å². The number of hydrogen-bond acceptors (Lipinski definition) is 3. The van der Waals surface area contributed by atoms with Gasteiger partial charge in [0.15, 0.2) is 0 Å². The first-order valence-corrected chi connectivity index (χ1v) is 7.34. The molecular formula is C14H26N2O4. The lowest BCUT2D eigenvalue weighted by atomic mass is 10.1. The van der Waals surface area contributed by atoms with Gasteiger partial charge in [0.2, 0.25) is 0 Å². The van der Waals surface area contributed by atoms with Crippen molar-refractivity contribution >= 4 is 12.0 Å². The van der Waals surface area contributed by atoms with Crippen LogP contribution in [0.15, 0.2) is 0 Å². The first-order chi connectivity index (χ1) is 9.43. The Morgan fingerprint density at radius 3 is 2.80 bits per heavy atom. The largest absolute Gasteiger partial charge is 0.481 e. The number of ether oxygens (including phenoxy) is 1. The van der Waals surface area contributed by atoms with Crippen molar-refractivity contribution in [2.45, 2.75) is 64.6 Å². The van der Waals surface area contributed by atoms with Crippen LogP contribution in [0.5, 0.6) is 0 Å². The minimum absolute atomic E-state index is 0.0162. The van der Waals surface area contributed by atoms with Gasteiger partial charge in [-0.15, -0.1) is 0 Å². The third-order valence-electron chi connectivity index (χ3n) is 3.60. The quantitative estimate of drug-likeness (QED) is 0.781. The molecule has 1 fully saturated rings. The fraction of sp³-hybridized carbons (Fsp3) is 0.857. The van der Waals surface area contributed by atoms with Gasteiger partial charge in [-0.25, -0.2) is 4.79 Å². The zero-order valence-electron chi connectivity index (χ0n) is 12.6. The van der Waals surface area contributed by atoms with E-state index < -0.39 is 5.97 Å². The number of carboxylic acids is 1. The van der Waals surface area contributed by atoms with E-state index >= 15 is 0 Å². The minimum atomic E-state index is -0.795. The molecule has 2 N–H and O–H groups in total. The van der Waals surface area contributed by atoms with Crippen molar-refractivity contribution in [3.8, 4) is 0 Å². The Balaban J connectivity index is 2.41. The normalized spacial score (nSPS) is 24.2. The number of urea groups is 1. The van der Waals surface area contributed by atoms with Crippen LogP contribution >= 0.6 is 0 Å². The maximum Gasteiger partial charge on any atom is 0.318 e. The molecular weight excluding hydrogens is 260 g/mol. The first kappa shape index (κ1) is 16.8. The summed E-state index contributed by atoms with van der Waals surface area (Å²) in [4.78, 5) is 24.6. The molecule has 0 aromatic carbocycles. The van der Waals surface area contributed by atoms with Crippen LogP contribution in [0.3, 0.4) is 0 Å². The standard InChI is InChI=1S/C14H26N2O4/c1-4-12-9-20-11(3)8-16(12)14(19)15-10(2)6-5-7-13(17)18/h10-12H,4-9H2,1-3H3,(H,15,19)(H,17,18). The average Bonchev–Trinajstić information content (AvgIpc) is 2.38. The maximum absolute atomic E-state index is 12.3. The van der Waals surface area contributed by atoms with Gasteiger partial charge in [-0.3, -0.25) is 4.79 Å². The van der Waals surface area contributed by atoms with Crippen molar-refractivity contribution < 1.29 is 19.4 Å². The topological polar surface area (TPSA) is 78.9 Å². The first-order valence-electron chi connectivity index (χ1n) is 7.34. The number of carbonyl (C=O) groups excluding carboxylic acids is 1. The average molecular weight is 286 g/mol. The van der Waals surface area contributed by atoms with Crippen molar-refractivity contribution in [1.82, 2.24) is 10.2 Å². The van der Waals surface area contributed by atoms with Gasteiger partial charge in [0.05, 0.1) is 18.8 Å². The van der Waals surface area contributed by atoms with Crippen molar-refractivity contribution in [1.29, 1.82) is 0 Å². The Morgan fingerprint density at radius 2 is 2.20 bits per heavy atom. The summed E-state index contributed by atoms with van der Waals surface area (Å²) in [5, 5.41) is 11.5. The highest BCUT2D eigenvalue weighted by Gasteiger charge is 2.29. The highest BCUT2D eigenvalue weighted by atomic mass is 16.5. The van der Waals surface area contributed by atoms with Crippen molar-refractivity contribution in [2.75, 3.05) is 13.2 Å². The summed E-state index contributed by atoms with van der Waals surface area (Å²) in [6.45, 7) is 7.10. The number of rotatable bonds is 6. The molecule has 1 aliphatic rings. The summed E-state index contributed by atoms with van der Waals surface area (Å²) in [6, 6.07) is 0.0322. The second-order valence-electron chi connectivity index (χ2n) is 5.49. The molecule has 0 aliphatic carbocycles. The second kappa shape index (κ2) is 8.09. The molecule has 6 heteroatoms. The van der Waals surface area contributed by atoms with Crippen molar-refractivity contribution in [3.63, 3.8) is 0 Å². The molecule has 1 saturated heterocycles. The molecule has 20 heavy (non-hydrogen) atoms. The molecule has 6 nitrogen and oxygen atoms in total. The van der Waals surface area contributed by atoms with Crippen LogP contribution < -0.4 is 5.32 Å². The van der Waals surface area contributed by atoms with Crippen LogP contribution in [0.1, 0.15) is 46.5 Å². The van der Waals surface area contributed by atoms with Gasteiger partial charge >= 0.3 is 12.0 Å². The van der Waals surface area contributed by atoms with Gasteiger partial charge in [-0.2, -0.15) is 0 Å². The fourth-order valence-electron chi connectivity index (χ4n) is 2.36. The lowest BCUT2D eigenvalue weighted by molar-refractivity contribution is -0.137. The second-order valence-corrected chi connectivity index (χ2v) is 5.49. The Labute approximate surface area is 120 Å². The Kier molecular flexibility index (Phi) is 6.78. The number of nitrogens with one attached hydrogen (secondary N) is 1. The van der Waals surface area contributed by atoms with Gasteiger partial charge in [0.25, 0.3) is 0 Å². The van der Waals surface area contributed by atoms with Crippen molar-refractivity contribution in [3.05, 3.63) is 0 Å². The van der Waals surface area contributed by atoms with Gasteiger partial charge in [-0.05, 0) is 33.1 Å². The monoisotopic (exact) mass is 286 g/mol. The number of aliphatic carboxylic acids is 1. The molecule has 0 aromatic rings. The van der Waals surface area contributed by atoms with Crippen LogP contribution in [0.25, 0.3) is 0 Å². The van der Waals surface area contributed by atoms with E-state index in [0.29, 0.717) is 26.0 Å². The number of carbonyl (C=O) groups is 2. The highest BCUT2D eigenvalue weighted by molar-refractivity contribution is 5.75. The number of morpholine rings is 1. The highest BCUT2D eigenvalue weighted by Crippen LogP contribution is 2.15. The predicted octanol–water partition coefficient (Wildman–Crippen LogP) is 1.84. The van der Waals surface area contributed by atoms with E-state index in [1.54, 1.807) is 0 Å². The Morgan fingerprint density at radius 1 is 1.50 bits per heavy atom.